The molecule has 2 aromatic heterocycles. The highest BCUT2D eigenvalue weighted by molar-refractivity contribution is 7.90. The summed E-state index contributed by atoms with van der Waals surface area (Å²) in [4.78, 5) is 13.4. The Bertz CT molecular complexity index is 1380. The SMILES string of the molecule is CS(=O)(=O)c1ccc(CNc2nc(CN3CCOCC3)nc3scc(-c4ccccc4)c23)cc1. The van der Waals surface area contributed by atoms with Gasteiger partial charge in [-0.2, -0.15) is 0 Å². The molecule has 4 aromatic rings. The van der Waals surface area contributed by atoms with Crippen LogP contribution in [0.25, 0.3) is 21.3 Å². The number of aromatic nitrogens is 2. The van der Waals surface area contributed by atoms with Crippen LogP contribution < -0.4 is 5.32 Å². The van der Waals surface area contributed by atoms with E-state index in [4.69, 9.17) is 14.7 Å². The van der Waals surface area contributed by atoms with Gasteiger partial charge in [0.05, 0.1) is 30.0 Å². The van der Waals surface area contributed by atoms with Crippen molar-refractivity contribution in [1.82, 2.24) is 14.9 Å². The predicted octanol–water partition coefficient (Wildman–Crippen LogP) is 4.21. The van der Waals surface area contributed by atoms with E-state index in [2.05, 4.69) is 27.7 Å². The molecule has 176 valence electrons. The first-order chi connectivity index (χ1) is 16.5. The minimum Gasteiger partial charge on any atom is -0.379 e. The highest BCUT2D eigenvalue weighted by Crippen LogP contribution is 2.37. The summed E-state index contributed by atoms with van der Waals surface area (Å²) in [5.41, 5.74) is 3.21. The Morgan fingerprint density at radius 1 is 1.03 bits per heavy atom. The summed E-state index contributed by atoms with van der Waals surface area (Å²) in [6.07, 6.45) is 1.22. The molecular weight excluding hydrogens is 468 g/mol. The summed E-state index contributed by atoms with van der Waals surface area (Å²) in [6.45, 7) is 4.40. The van der Waals surface area contributed by atoms with Gasteiger partial charge in [0.15, 0.2) is 9.84 Å². The van der Waals surface area contributed by atoms with Gasteiger partial charge in [-0.15, -0.1) is 11.3 Å². The Labute approximate surface area is 203 Å². The van der Waals surface area contributed by atoms with Crippen LogP contribution in [-0.2, 0) is 27.7 Å². The van der Waals surface area contributed by atoms with Crippen molar-refractivity contribution >= 4 is 37.2 Å². The lowest BCUT2D eigenvalue weighted by Gasteiger charge is -2.25. The van der Waals surface area contributed by atoms with Crippen LogP contribution >= 0.6 is 11.3 Å². The van der Waals surface area contributed by atoms with Crippen molar-refractivity contribution < 1.29 is 13.2 Å². The highest BCUT2D eigenvalue weighted by atomic mass is 32.2. The van der Waals surface area contributed by atoms with Crippen LogP contribution in [0.15, 0.2) is 64.9 Å². The van der Waals surface area contributed by atoms with Crippen molar-refractivity contribution in [3.63, 3.8) is 0 Å². The summed E-state index contributed by atoms with van der Waals surface area (Å²) in [5, 5.41) is 6.65. The average molecular weight is 495 g/mol. The third-order valence-corrected chi connectivity index (χ3v) is 7.85. The first-order valence-electron chi connectivity index (χ1n) is 11.1. The van der Waals surface area contributed by atoms with Gasteiger partial charge in [-0.05, 0) is 23.3 Å². The van der Waals surface area contributed by atoms with Crippen LogP contribution in [0.3, 0.4) is 0 Å². The number of hydrogen-bond donors (Lipinski definition) is 1. The second-order valence-corrected chi connectivity index (χ2v) is 11.2. The molecule has 1 N–H and O–H groups in total. The number of nitrogens with zero attached hydrogens (tertiary/aromatic N) is 3. The van der Waals surface area contributed by atoms with Crippen LogP contribution in [0.5, 0.6) is 0 Å². The van der Waals surface area contributed by atoms with E-state index in [1.165, 1.54) is 6.26 Å². The summed E-state index contributed by atoms with van der Waals surface area (Å²) >= 11 is 1.62. The van der Waals surface area contributed by atoms with Crippen LogP contribution in [-0.4, -0.2) is 55.8 Å². The Kier molecular flexibility index (Phi) is 6.60. The number of ether oxygens (including phenoxy) is 1. The lowest BCUT2D eigenvalue weighted by Crippen LogP contribution is -2.36. The van der Waals surface area contributed by atoms with Crippen molar-refractivity contribution in [2.45, 2.75) is 18.0 Å². The van der Waals surface area contributed by atoms with Gasteiger partial charge in [0.25, 0.3) is 0 Å². The minimum atomic E-state index is -3.22. The zero-order chi connectivity index (χ0) is 23.5. The van der Waals surface area contributed by atoms with E-state index in [1.807, 2.05) is 30.3 Å². The molecule has 0 spiro atoms. The number of hydrogen-bond acceptors (Lipinski definition) is 8. The van der Waals surface area contributed by atoms with E-state index in [9.17, 15) is 8.42 Å². The fourth-order valence-corrected chi connectivity index (χ4v) is 5.61. The quantitative estimate of drug-likeness (QED) is 0.412. The molecule has 0 saturated carbocycles. The van der Waals surface area contributed by atoms with Gasteiger partial charge >= 0.3 is 0 Å². The van der Waals surface area contributed by atoms with Crippen LogP contribution in [0, 0.1) is 0 Å². The molecule has 0 bridgehead atoms. The molecule has 5 rings (SSSR count). The number of anilines is 1. The van der Waals surface area contributed by atoms with Gasteiger partial charge < -0.3 is 10.1 Å². The number of sulfone groups is 1. The highest BCUT2D eigenvalue weighted by Gasteiger charge is 2.18. The molecule has 1 fully saturated rings. The molecule has 3 heterocycles. The van der Waals surface area contributed by atoms with Gasteiger partial charge in [0.1, 0.15) is 16.5 Å². The number of rotatable bonds is 7. The predicted molar refractivity (Wildman–Crippen MR) is 136 cm³/mol. The maximum atomic E-state index is 11.8. The molecular formula is C25H26N4O3S2. The molecule has 0 amide bonds. The number of nitrogens with one attached hydrogen (secondary N) is 1. The number of thiophene rings is 1. The summed E-state index contributed by atoms with van der Waals surface area (Å²) < 4.78 is 29.0. The van der Waals surface area contributed by atoms with Crippen LogP contribution in [0.1, 0.15) is 11.4 Å². The fourth-order valence-electron chi connectivity index (χ4n) is 4.01. The summed E-state index contributed by atoms with van der Waals surface area (Å²) in [6, 6.07) is 17.2. The zero-order valence-corrected chi connectivity index (χ0v) is 20.5. The molecule has 1 aliphatic heterocycles. The van der Waals surface area contributed by atoms with Gasteiger partial charge in [-0.3, -0.25) is 4.90 Å². The second kappa shape index (κ2) is 9.79. The number of fused-ring (bicyclic) bond motifs is 1. The first kappa shape index (κ1) is 22.9. The average Bonchev–Trinajstić information content (AvgIpc) is 3.28. The lowest BCUT2D eigenvalue weighted by atomic mass is 10.1. The van der Waals surface area contributed by atoms with E-state index in [-0.39, 0.29) is 0 Å². The summed E-state index contributed by atoms with van der Waals surface area (Å²) in [5.74, 6) is 1.58. The van der Waals surface area contributed by atoms with E-state index in [0.717, 1.165) is 64.9 Å². The first-order valence-corrected chi connectivity index (χ1v) is 13.9. The molecule has 34 heavy (non-hydrogen) atoms. The second-order valence-electron chi connectivity index (χ2n) is 8.34. The van der Waals surface area contributed by atoms with Gasteiger partial charge in [-0.25, -0.2) is 18.4 Å². The van der Waals surface area contributed by atoms with Gasteiger partial charge in [0.2, 0.25) is 0 Å². The van der Waals surface area contributed by atoms with Crippen LogP contribution in [0.2, 0.25) is 0 Å². The minimum absolute atomic E-state index is 0.317. The topological polar surface area (TPSA) is 84.4 Å². The van der Waals surface area contributed by atoms with Crippen molar-refractivity contribution in [3.8, 4) is 11.1 Å². The normalized spacial score (nSPS) is 15.0. The standard InChI is InChI=1S/C25H26N4O3S2/c1-34(30,31)20-9-7-18(8-10-20)15-26-24-23-21(19-5-3-2-4-6-19)17-33-25(23)28-22(27-24)16-29-11-13-32-14-12-29/h2-10,17H,11-16H2,1H3,(H,26,27,28). The van der Waals surface area contributed by atoms with Gasteiger partial charge in [-0.1, -0.05) is 42.5 Å². The summed E-state index contributed by atoms with van der Waals surface area (Å²) in [7, 11) is -3.22. The molecule has 1 saturated heterocycles. The van der Waals surface area contributed by atoms with Crippen molar-refractivity contribution in [2.75, 3.05) is 37.9 Å². The van der Waals surface area contributed by atoms with Crippen molar-refractivity contribution in [2.24, 2.45) is 0 Å². The molecule has 0 aliphatic carbocycles. The monoisotopic (exact) mass is 494 g/mol. The number of morpholine rings is 1. The maximum Gasteiger partial charge on any atom is 0.175 e. The van der Waals surface area contributed by atoms with E-state index < -0.39 is 9.84 Å². The molecule has 0 atom stereocenters. The molecule has 1 aliphatic rings. The van der Waals surface area contributed by atoms with E-state index in [1.54, 1.807) is 23.5 Å². The van der Waals surface area contributed by atoms with E-state index in [0.29, 0.717) is 18.0 Å². The third-order valence-electron chi connectivity index (χ3n) is 5.84. The van der Waals surface area contributed by atoms with Crippen molar-refractivity contribution in [3.05, 3.63) is 71.4 Å². The fraction of sp³-hybridized carbons (Fsp3) is 0.280. The molecule has 2 aromatic carbocycles. The Balaban J connectivity index is 1.48. The largest absolute Gasteiger partial charge is 0.379 e. The van der Waals surface area contributed by atoms with Crippen molar-refractivity contribution in [1.29, 1.82) is 0 Å². The third kappa shape index (κ3) is 5.12. The Morgan fingerprint density at radius 3 is 2.47 bits per heavy atom. The molecule has 0 unspecified atom stereocenters. The smallest absolute Gasteiger partial charge is 0.175 e. The molecule has 0 radical (unpaired) electrons. The number of benzene rings is 2. The van der Waals surface area contributed by atoms with Gasteiger partial charge in [0, 0.05) is 36.8 Å². The molecule has 7 nitrogen and oxygen atoms in total. The Morgan fingerprint density at radius 2 is 1.76 bits per heavy atom. The van der Waals surface area contributed by atoms with E-state index >= 15 is 0 Å². The van der Waals surface area contributed by atoms with Crippen LogP contribution in [0.4, 0.5) is 5.82 Å². The zero-order valence-electron chi connectivity index (χ0n) is 18.9. The lowest BCUT2D eigenvalue weighted by molar-refractivity contribution is 0.0331. The maximum absolute atomic E-state index is 11.8. The molecule has 9 heteroatoms. The Hall–Kier alpha value is -2.85.